The number of ether oxygens (including phenoxy) is 1. The molecule has 31 heavy (non-hydrogen) atoms. The van der Waals surface area contributed by atoms with Gasteiger partial charge in [0.05, 0.1) is 17.1 Å². The van der Waals surface area contributed by atoms with Crippen LogP contribution in [0.3, 0.4) is 0 Å². The molecule has 0 aliphatic rings. The molecule has 2 aromatic carbocycles. The molecule has 3 aromatic rings. The SMILES string of the molecule is CCOC(=O)c1ccc(Nc2ncnc(NNC(=O)c3ccccc3)c2[N+](=O)[O-])cc1. The van der Waals surface area contributed by atoms with Crippen molar-refractivity contribution in [2.24, 2.45) is 0 Å². The first kappa shape index (κ1) is 21.2. The third-order valence-electron chi connectivity index (χ3n) is 3.99. The molecule has 0 saturated heterocycles. The lowest BCUT2D eigenvalue weighted by Crippen LogP contribution is -2.30. The lowest BCUT2D eigenvalue weighted by Gasteiger charge is -2.11. The van der Waals surface area contributed by atoms with E-state index in [2.05, 4.69) is 26.1 Å². The molecule has 11 nitrogen and oxygen atoms in total. The van der Waals surface area contributed by atoms with Crippen molar-refractivity contribution < 1.29 is 19.2 Å². The summed E-state index contributed by atoms with van der Waals surface area (Å²) >= 11 is 0. The van der Waals surface area contributed by atoms with Crippen LogP contribution in [0.25, 0.3) is 0 Å². The van der Waals surface area contributed by atoms with Crippen LogP contribution in [-0.4, -0.2) is 33.4 Å². The number of carbonyl (C=O) groups excluding carboxylic acids is 2. The molecule has 158 valence electrons. The zero-order valence-corrected chi connectivity index (χ0v) is 16.4. The second-order valence-corrected chi connectivity index (χ2v) is 6.04. The average molecular weight is 422 g/mol. The Kier molecular flexibility index (Phi) is 6.68. The number of benzene rings is 2. The second-order valence-electron chi connectivity index (χ2n) is 6.04. The van der Waals surface area contributed by atoms with Crippen molar-refractivity contribution in [1.82, 2.24) is 15.4 Å². The van der Waals surface area contributed by atoms with E-state index in [1.807, 2.05) is 0 Å². The van der Waals surface area contributed by atoms with Crippen molar-refractivity contribution in [3.05, 3.63) is 82.2 Å². The normalized spacial score (nSPS) is 10.1. The molecule has 11 heteroatoms. The lowest BCUT2D eigenvalue weighted by molar-refractivity contribution is -0.383. The molecular formula is C20H18N6O5. The number of hydrogen-bond acceptors (Lipinski definition) is 9. The summed E-state index contributed by atoms with van der Waals surface area (Å²) in [6, 6.07) is 14.5. The highest BCUT2D eigenvalue weighted by Crippen LogP contribution is 2.30. The van der Waals surface area contributed by atoms with Crippen LogP contribution >= 0.6 is 0 Å². The first-order valence-corrected chi connectivity index (χ1v) is 9.14. The van der Waals surface area contributed by atoms with E-state index < -0.39 is 22.5 Å². The zero-order valence-electron chi connectivity index (χ0n) is 16.4. The first-order valence-electron chi connectivity index (χ1n) is 9.14. The van der Waals surface area contributed by atoms with Crippen LogP contribution in [0.2, 0.25) is 0 Å². The van der Waals surface area contributed by atoms with E-state index in [0.29, 0.717) is 16.8 Å². The van der Waals surface area contributed by atoms with Gasteiger partial charge >= 0.3 is 11.7 Å². The quantitative estimate of drug-likeness (QED) is 0.283. The molecule has 0 spiro atoms. The fourth-order valence-electron chi connectivity index (χ4n) is 2.55. The van der Waals surface area contributed by atoms with E-state index in [9.17, 15) is 19.7 Å². The minimum absolute atomic E-state index is 0.0969. The van der Waals surface area contributed by atoms with Crippen molar-refractivity contribution in [3.63, 3.8) is 0 Å². The summed E-state index contributed by atoms with van der Waals surface area (Å²) in [7, 11) is 0. The van der Waals surface area contributed by atoms with E-state index in [1.165, 1.54) is 12.1 Å². The Morgan fingerprint density at radius 2 is 1.68 bits per heavy atom. The number of nitrogens with one attached hydrogen (secondary N) is 3. The van der Waals surface area contributed by atoms with Gasteiger partial charge in [0.1, 0.15) is 6.33 Å². The summed E-state index contributed by atoms with van der Waals surface area (Å²) < 4.78 is 4.92. The first-order chi connectivity index (χ1) is 15.0. The number of hydrazine groups is 1. The Bertz CT molecular complexity index is 1090. The summed E-state index contributed by atoms with van der Waals surface area (Å²) in [5.74, 6) is -1.25. The summed E-state index contributed by atoms with van der Waals surface area (Å²) in [5.41, 5.74) is 5.53. The minimum Gasteiger partial charge on any atom is -0.462 e. The van der Waals surface area contributed by atoms with E-state index in [4.69, 9.17) is 4.74 Å². The van der Waals surface area contributed by atoms with Crippen LogP contribution in [-0.2, 0) is 4.74 Å². The number of hydrogen-bond donors (Lipinski definition) is 3. The van der Waals surface area contributed by atoms with Crippen molar-refractivity contribution in [2.75, 3.05) is 17.3 Å². The molecule has 1 amide bonds. The Balaban J connectivity index is 1.78. The van der Waals surface area contributed by atoms with Crippen LogP contribution in [0.5, 0.6) is 0 Å². The van der Waals surface area contributed by atoms with Crippen molar-refractivity contribution in [3.8, 4) is 0 Å². The van der Waals surface area contributed by atoms with Gasteiger partial charge in [-0.15, -0.1) is 0 Å². The molecule has 1 aromatic heterocycles. The average Bonchev–Trinajstić information content (AvgIpc) is 2.78. The van der Waals surface area contributed by atoms with Crippen LogP contribution in [0, 0.1) is 10.1 Å². The van der Waals surface area contributed by atoms with Crippen LogP contribution < -0.4 is 16.2 Å². The third kappa shape index (κ3) is 5.29. The highest BCUT2D eigenvalue weighted by atomic mass is 16.6. The van der Waals surface area contributed by atoms with Crippen molar-refractivity contribution in [2.45, 2.75) is 6.92 Å². The maximum atomic E-state index is 12.2. The minimum atomic E-state index is -0.674. The summed E-state index contributed by atoms with van der Waals surface area (Å²) in [6.45, 7) is 1.96. The molecule has 0 radical (unpaired) electrons. The third-order valence-corrected chi connectivity index (χ3v) is 3.99. The van der Waals surface area contributed by atoms with Gasteiger partial charge in [-0.05, 0) is 43.3 Å². The highest BCUT2D eigenvalue weighted by Gasteiger charge is 2.24. The Hall–Kier alpha value is -4.54. The van der Waals surface area contributed by atoms with Gasteiger partial charge in [0.25, 0.3) is 5.91 Å². The Morgan fingerprint density at radius 1 is 1.00 bits per heavy atom. The number of esters is 1. The number of aromatic nitrogens is 2. The molecule has 0 atom stereocenters. The molecule has 3 rings (SSSR count). The van der Waals surface area contributed by atoms with Crippen molar-refractivity contribution in [1.29, 1.82) is 0 Å². The van der Waals surface area contributed by atoms with Gasteiger partial charge in [0, 0.05) is 11.3 Å². The van der Waals surface area contributed by atoms with E-state index >= 15 is 0 Å². The predicted molar refractivity (Wildman–Crippen MR) is 112 cm³/mol. The fourth-order valence-corrected chi connectivity index (χ4v) is 2.55. The van der Waals surface area contributed by atoms with Gasteiger partial charge in [-0.3, -0.25) is 25.8 Å². The Labute approximate surface area is 176 Å². The molecule has 0 bridgehead atoms. The predicted octanol–water partition coefficient (Wildman–Crippen LogP) is 3.06. The van der Waals surface area contributed by atoms with Crippen LogP contribution in [0.15, 0.2) is 60.9 Å². The molecule has 0 saturated carbocycles. The number of nitro groups is 1. The van der Waals surface area contributed by atoms with Gasteiger partial charge < -0.3 is 10.1 Å². The monoisotopic (exact) mass is 422 g/mol. The zero-order chi connectivity index (χ0) is 22.2. The van der Waals surface area contributed by atoms with Crippen LogP contribution in [0.1, 0.15) is 27.6 Å². The number of nitrogens with zero attached hydrogens (tertiary/aromatic N) is 3. The van der Waals surface area contributed by atoms with Gasteiger partial charge in [-0.1, -0.05) is 18.2 Å². The molecule has 3 N–H and O–H groups in total. The molecule has 0 aliphatic heterocycles. The van der Waals surface area contributed by atoms with E-state index in [0.717, 1.165) is 6.33 Å². The maximum Gasteiger partial charge on any atom is 0.355 e. The molecule has 0 fully saturated rings. The van der Waals surface area contributed by atoms with Gasteiger partial charge in [0.15, 0.2) is 0 Å². The summed E-state index contributed by atoms with van der Waals surface area (Å²) in [5, 5.41) is 14.4. The fraction of sp³-hybridized carbons (Fsp3) is 0.100. The number of amides is 1. The second kappa shape index (κ2) is 9.78. The largest absolute Gasteiger partial charge is 0.462 e. The van der Waals surface area contributed by atoms with E-state index in [1.54, 1.807) is 49.4 Å². The maximum absolute atomic E-state index is 12.2. The highest BCUT2D eigenvalue weighted by molar-refractivity contribution is 5.95. The van der Waals surface area contributed by atoms with Gasteiger partial charge in [-0.25, -0.2) is 14.8 Å². The van der Waals surface area contributed by atoms with Gasteiger partial charge in [-0.2, -0.15) is 0 Å². The van der Waals surface area contributed by atoms with Crippen molar-refractivity contribution >= 4 is 34.9 Å². The smallest absolute Gasteiger partial charge is 0.355 e. The molecule has 1 heterocycles. The van der Waals surface area contributed by atoms with Crippen LogP contribution in [0.4, 0.5) is 23.0 Å². The lowest BCUT2D eigenvalue weighted by atomic mass is 10.2. The molecular weight excluding hydrogens is 404 g/mol. The van der Waals surface area contributed by atoms with Gasteiger partial charge in [0.2, 0.25) is 11.6 Å². The Morgan fingerprint density at radius 3 is 2.32 bits per heavy atom. The number of anilines is 3. The standard InChI is InChI=1S/C20H18N6O5/c1-2-31-20(28)14-8-10-15(11-9-14)23-17-16(26(29)30)18(22-12-21-17)24-25-19(27)13-6-4-3-5-7-13/h3-12H,2H2,1H3,(H,25,27)(H2,21,22,23,24). The molecule has 0 unspecified atom stereocenters. The summed E-state index contributed by atoms with van der Waals surface area (Å²) in [6.07, 6.45) is 1.11. The van der Waals surface area contributed by atoms with E-state index in [-0.39, 0.29) is 18.2 Å². The summed E-state index contributed by atoms with van der Waals surface area (Å²) in [4.78, 5) is 42.6. The molecule has 0 aliphatic carbocycles. The number of rotatable bonds is 8. The topological polar surface area (TPSA) is 148 Å². The number of carbonyl (C=O) groups is 2.